The molecule has 0 bridgehead atoms. The first-order chi connectivity index (χ1) is 10.6. The van der Waals surface area contributed by atoms with Gasteiger partial charge in [-0.25, -0.2) is 0 Å². The zero-order valence-corrected chi connectivity index (χ0v) is 13.8. The molecule has 0 saturated heterocycles. The Balaban J connectivity index is 2.02. The summed E-state index contributed by atoms with van der Waals surface area (Å²) in [5.41, 5.74) is 2.07. The highest BCUT2D eigenvalue weighted by molar-refractivity contribution is 7.80. The molecule has 0 heterocycles. The second kappa shape index (κ2) is 7.66. The number of thiocarbonyl (C=S) groups is 1. The molecule has 0 aliphatic carbocycles. The normalized spacial score (nSPS) is 9.95. The van der Waals surface area contributed by atoms with E-state index in [2.05, 4.69) is 5.32 Å². The van der Waals surface area contributed by atoms with Crippen LogP contribution in [-0.2, 0) is 6.54 Å². The lowest BCUT2D eigenvalue weighted by Crippen LogP contribution is -2.30. The third kappa shape index (κ3) is 4.11. The van der Waals surface area contributed by atoms with Crippen molar-refractivity contribution in [2.75, 3.05) is 26.6 Å². The first-order valence-corrected chi connectivity index (χ1v) is 7.33. The van der Waals surface area contributed by atoms with E-state index in [1.807, 2.05) is 60.5 Å². The van der Waals surface area contributed by atoms with Gasteiger partial charge in [0.05, 0.1) is 14.2 Å². The van der Waals surface area contributed by atoms with E-state index in [1.165, 1.54) is 0 Å². The molecule has 0 aliphatic heterocycles. The van der Waals surface area contributed by atoms with Crippen LogP contribution < -0.4 is 14.8 Å². The highest BCUT2D eigenvalue weighted by Crippen LogP contribution is 2.28. The van der Waals surface area contributed by atoms with Crippen LogP contribution in [0.2, 0.25) is 0 Å². The van der Waals surface area contributed by atoms with E-state index in [9.17, 15) is 0 Å². The van der Waals surface area contributed by atoms with Crippen LogP contribution in [0.3, 0.4) is 0 Å². The fourth-order valence-electron chi connectivity index (χ4n) is 2.07. The SMILES string of the molecule is COc1ccc(CN(C)C(=S)Nc2ccccc2)cc1OC. The van der Waals surface area contributed by atoms with Crippen LogP contribution in [0.25, 0.3) is 0 Å². The van der Waals surface area contributed by atoms with E-state index >= 15 is 0 Å². The van der Waals surface area contributed by atoms with Gasteiger partial charge in [-0.15, -0.1) is 0 Å². The summed E-state index contributed by atoms with van der Waals surface area (Å²) in [6, 6.07) is 15.7. The molecule has 0 atom stereocenters. The Morgan fingerprint density at radius 2 is 1.73 bits per heavy atom. The van der Waals surface area contributed by atoms with E-state index in [0.29, 0.717) is 11.7 Å². The van der Waals surface area contributed by atoms with Crippen molar-refractivity contribution < 1.29 is 9.47 Å². The summed E-state index contributed by atoms with van der Waals surface area (Å²) in [4.78, 5) is 1.98. The molecule has 2 aromatic carbocycles. The van der Waals surface area contributed by atoms with Gasteiger partial charge in [-0.3, -0.25) is 0 Å². The van der Waals surface area contributed by atoms with Gasteiger partial charge in [-0.05, 0) is 42.0 Å². The standard InChI is InChI=1S/C17H20N2O2S/c1-19(17(22)18-14-7-5-4-6-8-14)12-13-9-10-15(20-2)16(11-13)21-3/h4-11H,12H2,1-3H3,(H,18,22). The van der Waals surface area contributed by atoms with E-state index in [4.69, 9.17) is 21.7 Å². The van der Waals surface area contributed by atoms with Gasteiger partial charge in [0.15, 0.2) is 16.6 Å². The van der Waals surface area contributed by atoms with Crippen LogP contribution in [0.15, 0.2) is 48.5 Å². The fraction of sp³-hybridized carbons (Fsp3) is 0.235. The van der Waals surface area contributed by atoms with Crippen molar-refractivity contribution >= 4 is 23.0 Å². The first-order valence-electron chi connectivity index (χ1n) is 6.92. The number of para-hydroxylation sites is 1. The van der Waals surface area contributed by atoms with Crippen molar-refractivity contribution in [3.05, 3.63) is 54.1 Å². The lowest BCUT2D eigenvalue weighted by atomic mass is 10.2. The summed E-state index contributed by atoms with van der Waals surface area (Å²) in [6.07, 6.45) is 0. The topological polar surface area (TPSA) is 33.7 Å². The molecule has 0 amide bonds. The quantitative estimate of drug-likeness (QED) is 0.854. The van der Waals surface area contributed by atoms with Crippen molar-refractivity contribution in [2.24, 2.45) is 0 Å². The molecular formula is C17H20N2O2S. The highest BCUT2D eigenvalue weighted by atomic mass is 32.1. The minimum absolute atomic E-state index is 0.668. The molecular weight excluding hydrogens is 296 g/mol. The molecule has 4 nitrogen and oxygen atoms in total. The fourth-order valence-corrected chi connectivity index (χ4v) is 2.25. The molecule has 0 aromatic heterocycles. The number of anilines is 1. The van der Waals surface area contributed by atoms with Crippen molar-refractivity contribution in [3.8, 4) is 11.5 Å². The second-order valence-corrected chi connectivity index (χ2v) is 5.23. The monoisotopic (exact) mass is 316 g/mol. The molecule has 1 N–H and O–H groups in total. The maximum atomic E-state index is 5.43. The maximum absolute atomic E-state index is 5.43. The average Bonchev–Trinajstić information content (AvgIpc) is 2.55. The summed E-state index contributed by atoms with van der Waals surface area (Å²) in [7, 11) is 5.21. The van der Waals surface area contributed by atoms with Crippen LogP contribution in [0, 0.1) is 0 Å². The first kappa shape index (κ1) is 16.1. The van der Waals surface area contributed by atoms with Crippen LogP contribution in [0.5, 0.6) is 11.5 Å². The van der Waals surface area contributed by atoms with E-state index in [0.717, 1.165) is 22.7 Å². The third-order valence-electron chi connectivity index (χ3n) is 3.24. The predicted octanol–water partition coefficient (Wildman–Crippen LogP) is 3.53. The van der Waals surface area contributed by atoms with Crippen molar-refractivity contribution in [1.29, 1.82) is 0 Å². The lowest BCUT2D eigenvalue weighted by Gasteiger charge is -2.21. The summed E-state index contributed by atoms with van der Waals surface area (Å²) in [5, 5.41) is 3.88. The number of methoxy groups -OCH3 is 2. The Kier molecular flexibility index (Phi) is 5.61. The number of nitrogens with one attached hydrogen (secondary N) is 1. The molecule has 2 rings (SSSR count). The van der Waals surface area contributed by atoms with Crippen molar-refractivity contribution in [1.82, 2.24) is 4.90 Å². The van der Waals surface area contributed by atoms with Gasteiger partial charge in [0.2, 0.25) is 0 Å². The number of hydrogen-bond donors (Lipinski definition) is 1. The summed E-state index contributed by atoms with van der Waals surface area (Å²) >= 11 is 5.43. The molecule has 0 fully saturated rings. The Morgan fingerprint density at radius 3 is 2.36 bits per heavy atom. The number of benzene rings is 2. The van der Waals surface area contributed by atoms with Gasteiger partial charge in [-0.2, -0.15) is 0 Å². The van der Waals surface area contributed by atoms with E-state index in [1.54, 1.807) is 14.2 Å². The number of nitrogens with zero attached hydrogens (tertiary/aromatic N) is 1. The van der Waals surface area contributed by atoms with Gasteiger partial charge in [0.25, 0.3) is 0 Å². The maximum Gasteiger partial charge on any atom is 0.173 e. The van der Waals surface area contributed by atoms with E-state index in [-0.39, 0.29) is 0 Å². The largest absolute Gasteiger partial charge is 0.493 e. The summed E-state index contributed by atoms with van der Waals surface area (Å²) < 4.78 is 10.6. The second-order valence-electron chi connectivity index (χ2n) is 4.84. The number of hydrogen-bond acceptors (Lipinski definition) is 3. The predicted molar refractivity (Wildman–Crippen MR) is 93.7 cm³/mol. The Morgan fingerprint density at radius 1 is 1.05 bits per heavy atom. The number of ether oxygens (including phenoxy) is 2. The lowest BCUT2D eigenvalue weighted by molar-refractivity contribution is 0.354. The zero-order valence-electron chi connectivity index (χ0n) is 13.0. The van der Waals surface area contributed by atoms with Crippen LogP contribution in [0.1, 0.15) is 5.56 Å². The number of rotatable bonds is 5. The average molecular weight is 316 g/mol. The van der Waals surface area contributed by atoms with Gasteiger partial charge >= 0.3 is 0 Å². The van der Waals surface area contributed by atoms with Crippen molar-refractivity contribution in [3.63, 3.8) is 0 Å². The third-order valence-corrected chi connectivity index (χ3v) is 3.65. The summed E-state index contributed by atoms with van der Waals surface area (Å²) in [6.45, 7) is 0.680. The van der Waals surface area contributed by atoms with Crippen LogP contribution in [-0.4, -0.2) is 31.3 Å². The molecule has 0 aliphatic rings. The molecule has 22 heavy (non-hydrogen) atoms. The Bertz CT molecular complexity index is 632. The van der Waals surface area contributed by atoms with E-state index < -0.39 is 0 Å². The minimum Gasteiger partial charge on any atom is -0.493 e. The van der Waals surface area contributed by atoms with Crippen LogP contribution in [0.4, 0.5) is 5.69 Å². The molecule has 116 valence electrons. The van der Waals surface area contributed by atoms with Crippen LogP contribution >= 0.6 is 12.2 Å². The Hall–Kier alpha value is -2.27. The zero-order chi connectivity index (χ0) is 15.9. The van der Waals surface area contributed by atoms with Crippen molar-refractivity contribution in [2.45, 2.75) is 6.54 Å². The minimum atomic E-state index is 0.668. The molecule has 0 unspecified atom stereocenters. The molecule has 5 heteroatoms. The van der Waals surface area contributed by atoms with Gasteiger partial charge in [0.1, 0.15) is 0 Å². The smallest absolute Gasteiger partial charge is 0.173 e. The summed E-state index contributed by atoms with van der Waals surface area (Å²) in [5.74, 6) is 1.44. The highest BCUT2D eigenvalue weighted by Gasteiger charge is 2.09. The molecule has 2 aromatic rings. The van der Waals surface area contributed by atoms with Gasteiger partial charge < -0.3 is 19.7 Å². The molecule has 0 saturated carbocycles. The molecule has 0 radical (unpaired) electrons. The van der Waals surface area contributed by atoms with Gasteiger partial charge in [0, 0.05) is 19.3 Å². The van der Waals surface area contributed by atoms with Gasteiger partial charge in [-0.1, -0.05) is 24.3 Å². The molecule has 0 spiro atoms. The Labute approximate surface area is 136 Å².